The molecule has 1 aliphatic rings. The minimum Gasteiger partial charge on any atom is -0.356 e. The van der Waals surface area contributed by atoms with Gasteiger partial charge in [-0.05, 0) is 24.8 Å². The summed E-state index contributed by atoms with van der Waals surface area (Å²) in [5.41, 5.74) is 1.26. The quantitative estimate of drug-likeness (QED) is 0.406. The Morgan fingerprint density at radius 3 is 2.36 bits per heavy atom. The average molecular weight is 458 g/mol. The molecule has 140 valence electrons. The molecule has 1 heterocycles. The van der Waals surface area contributed by atoms with Crippen LogP contribution in [0.2, 0.25) is 0 Å². The van der Waals surface area contributed by atoms with Crippen LogP contribution in [0, 0.1) is 0 Å². The van der Waals surface area contributed by atoms with Crippen molar-refractivity contribution >= 4 is 35.8 Å². The summed E-state index contributed by atoms with van der Waals surface area (Å²) in [4.78, 5) is 18.4. The average Bonchev–Trinajstić information content (AvgIpc) is 2.63. The monoisotopic (exact) mass is 458 g/mol. The van der Waals surface area contributed by atoms with Gasteiger partial charge in [0.25, 0.3) is 0 Å². The fourth-order valence-corrected chi connectivity index (χ4v) is 2.93. The molecule has 1 amide bonds. The van der Waals surface area contributed by atoms with Gasteiger partial charge in [-0.15, -0.1) is 24.0 Å². The van der Waals surface area contributed by atoms with Gasteiger partial charge in [-0.25, -0.2) is 0 Å². The van der Waals surface area contributed by atoms with Gasteiger partial charge in [0.1, 0.15) is 0 Å². The van der Waals surface area contributed by atoms with Crippen LogP contribution in [0.15, 0.2) is 35.3 Å². The second-order valence-electron chi connectivity index (χ2n) is 6.97. The van der Waals surface area contributed by atoms with Gasteiger partial charge in [0, 0.05) is 32.1 Å². The molecule has 2 N–H and O–H groups in total. The second kappa shape index (κ2) is 10.6. The Labute approximate surface area is 168 Å². The first kappa shape index (κ1) is 21.7. The highest BCUT2D eigenvalue weighted by molar-refractivity contribution is 14.0. The van der Waals surface area contributed by atoms with E-state index in [-0.39, 0.29) is 35.3 Å². The van der Waals surface area contributed by atoms with Gasteiger partial charge in [0.15, 0.2) is 5.96 Å². The van der Waals surface area contributed by atoms with Crippen LogP contribution in [0.5, 0.6) is 0 Å². The molecular formula is C19H31IN4O. The standard InChI is InChI=1S/C19H30N4O.HI/c1-19(2,16-10-6-4-7-11-16)15-22-18(20-3)21-14-17(24)23-12-8-5-9-13-23;/h4,6-7,10-11H,5,8-9,12-15H2,1-3H3,(H2,20,21,22);1H. The number of rotatable bonds is 5. The van der Waals surface area contributed by atoms with Gasteiger partial charge in [-0.2, -0.15) is 0 Å². The lowest BCUT2D eigenvalue weighted by Gasteiger charge is -2.28. The number of nitrogens with one attached hydrogen (secondary N) is 2. The number of guanidine groups is 1. The molecule has 0 bridgehead atoms. The normalized spacial score (nSPS) is 15.3. The molecule has 1 saturated heterocycles. The van der Waals surface area contributed by atoms with Crippen molar-refractivity contribution in [3.63, 3.8) is 0 Å². The van der Waals surface area contributed by atoms with Gasteiger partial charge in [0.05, 0.1) is 6.54 Å². The Hall–Kier alpha value is -1.31. The molecule has 0 aliphatic carbocycles. The number of benzene rings is 1. The summed E-state index contributed by atoms with van der Waals surface area (Å²) in [7, 11) is 1.73. The Morgan fingerprint density at radius 2 is 1.76 bits per heavy atom. The number of piperidine rings is 1. The summed E-state index contributed by atoms with van der Waals surface area (Å²) in [6, 6.07) is 10.4. The SMILES string of the molecule is CN=C(NCC(=O)N1CCCCC1)NCC(C)(C)c1ccccc1.I. The van der Waals surface area contributed by atoms with Crippen molar-refractivity contribution in [3.8, 4) is 0 Å². The maximum absolute atomic E-state index is 12.2. The van der Waals surface area contributed by atoms with Crippen LogP contribution in [0.3, 0.4) is 0 Å². The summed E-state index contributed by atoms with van der Waals surface area (Å²) in [5.74, 6) is 0.823. The minimum absolute atomic E-state index is 0. The van der Waals surface area contributed by atoms with Crippen LogP contribution in [0.4, 0.5) is 0 Å². The van der Waals surface area contributed by atoms with E-state index >= 15 is 0 Å². The van der Waals surface area contributed by atoms with Crippen LogP contribution in [0.25, 0.3) is 0 Å². The van der Waals surface area contributed by atoms with E-state index in [1.807, 2.05) is 11.0 Å². The topological polar surface area (TPSA) is 56.7 Å². The van der Waals surface area contributed by atoms with Crippen molar-refractivity contribution in [2.75, 3.05) is 33.2 Å². The van der Waals surface area contributed by atoms with E-state index in [0.717, 1.165) is 32.5 Å². The van der Waals surface area contributed by atoms with E-state index in [9.17, 15) is 4.79 Å². The van der Waals surface area contributed by atoms with E-state index in [2.05, 4.69) is 53.7 Å². The Balaban J connectivity index is 0.00000312. The smallest absolute Gasteiger partial charge is 0.241 e. The van der Waals surface area contributed by atoms with E-state index in [1.165, 1.54) is 12.0 Å². The lowest BCUT2D eigenvalue weighted by Crippen LogP contribution is -2.48. The number of likely N-dealkylation sites (tertiary alicyclic amines) is 1. The third-order valence-corrected chi connectivity index (χ3v) is 4.59. The maximum Gasteiger partial charge on any atom is 0.241 e. The Morgan fingerprint density at radius 1 is 1.12 bits per heavy atom. The first-order chi connectivity index (χ1) is 11.5. The van der Waals surface area contributed by atoms with Crippen molar-refractivity contribution in [2.45, 2.75) is 38.5 Å². The molecule has 1 fully saturated rings. The molecule has 0 unspecified atom stereocenters. The van der Waals surface area contributed by atoms with Crippen molar-refractivity contribution in [1.29, 1.82) is 0 Å². The molecule has 2 rings (SSSR count). The lowest BCUT2D eigenvalue weighted by atomic mass is 9.85. The highest BCUT2D eigenvalue weighted by Crippen LogP contribution is 2.21. The summed E-state index contributed by atoms with van der Waals surface area (Å²) in [5, 5.41) is 6.47. The number of aliphatic imine (C=N–C) groups is 1. The molecular weight excluding hydrogens is 427 g/mol. The van der Waals surface area contributed by atoms with Gasteiger partial charge < -0.3 is 15.5 Å². The van der Waals surface area contributed by atoms with Gasteiger partial charge in [0.2, 0.25) is 5.91 Å². The summed E-state index contributed by atoms with van der Waals surface area (Å²) in [6.45, 7) is 7.20. The first-order valence-corrected chi connectivity index (χ1v) is 8.81. The third kappa shape index (κ3) is 6.84. The number of hydrogen-bond acceptors (Lipinski definition) is 2. The molecule has 5 nitrogen and oxygen atoms in total. The first-order valence-electron chi connectivity index (χ1n) is 8.81. The molecule has 0 saturated carbocycles. The fraction of sp³-hybridized carbons (Fsp3) is 0.579. The van der Waals surface area contributed by atoms with Gasteiger partial charge >= 0.3 is 0 Å². The molecule has 0 spiro atoms. The lowest BCUT2D eigenvalue weighted by molar-refractivity contribution is -0.130. The fourth-order valence-electron chi connectivity index (χ4n) is 2.93. The zero-order chi connectivity index (χ0) is 17.4. The molecule has 1 aromatic carbocycles. The van der Waals surface area contributed by atoms with Gasteiger partial charge in [-0.1, -0.05) is 44.2 Å². The number of carbonyl (C=O) groups excluding carboxylic acids is 1. The van der Waals surface area contributed by atoms with E-state index < -0.39 is 0 Å². The summed E-state index contributed by atoms with van der Waals surface area (Å²) in [6.07, 6.45) is 3.46. The second-order valence-corrected chi connectivity index (χ2v) is 6.97. The van der Waals surface area contributed by atoms with Crippen molar-refractivity contribution in [3.05, 3.63) is 35.9 Å². The van der Waals surface area contributed by atoms with E-state index in [1.54, 1.807) is 7.05 Å². The van der Waals surface area contributed by atoms with Crippen molar-refractivity contribution < 1.29 is 4.79 Å². The molecule has 6 heteroatoms. The number of hydrogen-bond donors (Lipinski definition) is 2. The minimum atomic E-state index is -0.0181. The Bertz CT molecular complexity index is 554. The predicted octanol–water partition coefficient (Wildman–Crippen LogP) is 2.76. The molecule has 1 aromatic rings. The predicted molar refractivity (Wildman–Crippen MR) is 115 cm³/mol. The third-order valence-electron chi connectivity index (χ3n) is 4.59. The molecule has 1 aliphatic heterocycles. The largest absolute Gasteiger partial charge is 0.356 e. The zero-order valence-electron chi connectivity index (χ0n) is 15.5. The highest BCUT2D eigenvalue weighted by Gasteiger charge is 2.21. The number of halogens is 1. The van der Waals surface area contributed by atoms with Crippen molar-refractivity contribution in [2.24, 2.45) is 4.99 Å². The number of carbonyl (C=O) groups is 1. The number of amides is 1. The highest BCUT2D eigenvalue weighted by atomic mass is 127. The van der Waals surface area contributed by atoms with Crippen LogP contribution in [-0.4, -0.2) is 50.0 Å². The molecule has 0 radical (unpaired) electrons. The summed E-state index contributed by atoms with van der Waals surface area (Å²) >= 11 is 0. The van der Waals surface area contributed by atoms with Crippen LogP contribution < -0.4 is 10.6 Å². The van der Waals surface area contributed by atoms with E-state index in [4.69, 9.17) is 0 Å². The van der Waals surface area contributed by atoms with Gasteiger partial charge in [-0.3, -0.25) is 9.79 Å². The van der Waals surface area contributed by atoms with Crippen LogP contribution in [0.1, 0.15) is 38.7 Å². The maximum atomic E-state index is 12.2. The zero-order valence-corrected chi connectivity index (χ0v) is 17.9. The van der Waals surface area contributed by atoms with E-state index in [0.29, 0.717) is 12.5 Å². The van der Waals surface area contributed by atoms with Crippen LogP contribution >= 0.6 is 24.0 Å². The number of nitrogens with zero attached hydrogens (tertiary/aromatic N) is 2. The Kier molecular flexibility index (Phi) is 9.24. The molecule has 0 atom stereocenters. The molecule has 0 aromatic heterocycles. The van der Waals surface area contributed by atoms with Crippen molar-refractivity contribution in [1.82, 2.24) is 15.5 Å². The molecule has 25 heavy (non-hydrogen) atoms. The van der Waals surface area contributed by atoms with Crippen LogP contribution in [-0.2, 0) is 10.2 Å². The summed E-state index contributed by atoms with van der Waals surface area (Å²) < 4.78 is 0.